The number of aliphatic carboxylic acids is 1. The van der Waals surface area contributed by atoms with Gasteiger partial charge in [0.2, 0.25) is 5.91 Å². The summed E-state index contributed by atoms with van der Waals surface area (Å²) in [5, 5.41) is 12.8. The van der Waals surface area contributed by atoms with Gasteiger partial charge >= 0.3 is 5.97 Å². The van der Waals surface area contributed by atoms with Crippen LogP contribution in [0.3, 0.4) is 0 Å². The summed E-state index contributed by atoms with van der Waals surface area (Å²) >= 11 is 0. The molecule has 3 atom stereocenters. The van der Waals surface area contributed by atoms with E-state index in [2.05, 4.69) is 10.3 Å². The number of halogens is 1. The van der Waals surface area contributed by atoms with Crippen LogP contribution in [0.25, 0.3) is 0 Å². The molecule has 1 aliphatic rings. The second kappa shape index (κ2) is 8.06. The molecule has 1 amide bonds. The first-order chi connectivity index (χ1) is 13.4. The molecular formula is C21H24FN3O3. The lowest BCUT2D eigenvalue weighted by Gasteiger charge is -2.34. The normalized spacial score (nSPS) is 24.8. The number of likely N-dealkylation sites (N-methyl/N-ethyl adjacent to an activating group) is 1. The zero-order chi connectivity index (χ0) is 20.3. The fourth-order valence-electron chi connectivity index (χ4n) is 4.10. The van der Waals surface area contributed by atoms with Crippen molar-refractivity contribution >= 4 is 11.9 Å². The van der Waals surface area contributed by atoms with Crippen molar-refractivity contribution in [1.29, 1.82) is 0 Å². The minimum absolute atomic E-state index is 0.186. The van der Waals surface area contributed by atoms with E-state index in [4.69, 9.17) is 0 Å². The van der Waals surface area contributed by atoms with Crippen molar-refractivity contribution in [3.8, 4) is 0 Å². The van der Waals surface area contributed by atoms with E-state index in [1.54, 1.807) is 43.3 Å². The van der Waals surface area contributed by atoms with Crippen LogP contribution < -0.4 is 5.32 Å². The molecule has 2 N–H and O–H groups in total. The predicted octanol–water partition coefficient (Wildman–Crippen LogP) is 2.76. The second-order valence-electron chi connectivity index (χ2n) is 7.15. The maximum absolute atomic E-state index is 13.4. The Morgan fingerprint density at radius 1 is 1.29 bits per heavy atom. The number of rotatable bonds is 6. The number of hydrogen-bond donors (Lipinski definition) is 2. The maximum atomic E-state index is 13.4. The number of nitrogens with one attached hydrogen (secondary N) is 1. The Hall–Kier alpha value is -2.80. The van der Waals surface area contributed by atoms with Crippen LogP contribution in [0, 0.1) is 11.7 Å². The molecule has 2 heterocycles. The summed E-state index contributed by atoms with van der Waals surface area (Å²) in [6.45, 7) is 2.07. The number of carbonyl (C=O) groups is 2. The number of amides is 1. The number of carboxylic acids is 1. The highest BCUT2D eigenvalue weighted by atomic mass is 19.1. The van der Waals surface area contributed by atoms with Gasteiger partial charge in [0.15, 0.2) is 0 Å². The summed E-state index contributed by atoms with van der Waals surface area (Å²) in [7, 11) is 1.72. The van der Waals surface area contributed by atoms with Gasteiger partial charge in [0.05, 0.1) is 18.2 Å². The number of carbonyl (C=O) groups excluding carboxylic acids is 1. The molecule has 0 bridgehead atoms. The van der Waals surface area contributed by atoms with Crippen LogP contribution in [0.2, 0.25) is 0 Å². The van der Waals surface area contributed by atoms with Gasteiger partial charge in [0.25, 0.3) is 0 Å². The predicted molar refractivity (Wildman–Crippen MR) is 102 cm³/mol. The minimum atomic E-state index is -1.15. The largest absolute Gasteiger partial charge is 0.480 e. The number of aromatic nitrogens is 1. The smallest absolute Gasteiger partial charge is 0.324 e. The summed E-state index contributed by atoms with van der Waals surface area (Å²) < 4.78 is 13.4. The molecule has 6 nitrogen and oxygen atoms in total. The lowest BCUT2D eigenvalue weighted by atomic mass is 9.87. The van der Waals surface area contributed by atoms with Crippen LogP contribution in [0.4, 0.5) is 4.39 Å². The van der Waals surface area contributed by atoms with E-state index in [0.717, 1.165) is 11.3 Å². The molecule has 0 radical (unpaired) electrons. The lowest BCUT2D eigenvalue weighted by molar-refractivity contribution is -0.150. The van der Waals surface area contributed by atoms with Crippen molar-refractivity contribution in [1.82, 2.24) is 15.2 Å². The number of hydrogen-bond acceptors (Lipinski definition) is 4. The van der Waals surface area contributed by atoms with Gasteiger partial charge in [-0.3, -0.25) is 19.5 Å². The second-order valence-corrected chi connectivity index (χ2v) is 7.15. The molecule has 3 rings (SSSR count). The SMILES string of the molecule is CC[C@@]1(C(=O)O)C[C@H](C(=O)NCc2ccccn2)[C@H](c2ccc(F)cc2)N1C. The first kappa shape index (κ1) is 19.9. The van der Waals surface area contributed by atoms with Crippen molar-refractivity contribution in [2.75, 3.05) is 7.05 Å². The summed E-state index contributed by atoms with van der Waals surface area (Å²) in [6, 6.07) is 10.9. The lowest BCUT2D eigenvalue weighted by Crippen LogP contribution is -2.48. The van der Waals surface area contributed by atoms with Crippen LogP contribution in [0.15, 0.2) is 48.7 Å². The molecule has 1 aliphatic heterocycles. The molecule has 1 saturated heterocycles. The number of benzene rings is 1. The van der Waals surface area contributed by atoms with Crippen molar-refractivity contribution < 1.29 is 19.1 Å². The first-order valence-corrected chi connectivity index (χ1v) is 9.28. The van der Waals surface area contributed by atoms with Crippen LogP contribution in [0.1, 0.15) is 37.1 Å². The van der Waals surface area contributed by atoms with E-state index >= 15 is 0 Å². The van der Waals surface area contributed by atoms with Crippen LogP contribution >= 0.6 is 0 Å². The van der Waals surface area contributed by atoms with E-state index in [1.165, 1.54) is 12.1 Å². The molecule has 28 heavy (non-hydrogen) atoms. The molecule has 0 saturated carbocycles. The number of likely N-dealkylation sites (tertiary alicyclic amines) is 1. The molecule has 148 valence electrons. The fraction of sp³-hybridized carbons (Fsp3) is 0.381. The van der Waals surface area contributed by atoms with Crippen molar-refractivity contribution in [3.05, 3.63) is 65.7 Å². The van der Waals surface area contributed by atoms with Gasteiger partial charge in [-0.1, -0.05) is 25.1 Å². The van der Waals surface area contributed by atoms with Crippen LogP contribution in [-0.4, -0.2) is 39.5 Å². The van der Waals surface area contributed by atoms with Gasteiger partial charge in [0.1, 0.15) is 11.4 Å². The van der Waals surface area contributed by atoms with E-state index in [1.807, 2.05) is 12.1 Å². The highest BCUT2D eigenvalue weighted by Crippen LogP contribution is 2.47. The van der Waals surface area contributed by atoms with Gasteiger partial charge in [-0.2, -0.15) is 0 Å². The van der Waals surface area contributed by atoms with Crippen LogP contribution in [0.5, 0.6) is 0 Å². The number of nitrogens with zero attached hydrogens (tertiary/aromatic N) is 2. The van der Waals surface area contributed by atoms with Gasteiger partial charge in [0, 0.05) is 12.2 Å². The Labute approximate surface area is 163 Å². The third kappa shape index (κ3) is 3.62. The fourth-order valence-corrected chi connectivity index (χ4v) is 4.10. The molecule has 7 heteroatoms. The Balaban J connectivity index is 1.89. The standard InChI is InChI=1S/C21H24FN3O3/c1-3-21(20(27)28)12-17(19(26)24-13-16-6-4-5-11-23-16)18(25(21)2)14-7-9-15(22)10-8-14/h4-11,17-18H,3,12-13H2,1-2H3,(H,24,26)(H,27,28)/t17-,18-,21-/m0/s1. The average Bonchev–Trinajstić information content (AvgIpc) is 3.01. The molecule has 1 fully saturated rings. The van der Waals surface area contributed by atoms with Crippen molar-refractivity contribution in [3.63, 3.8) is 0 Å². The van der Waals surface area contributed by atoms with Crippen LogP contribution in [-0.2, 0) is 16.1 Å². The molecule has 1 aromatic heterocycles. The number of carboxylic acid groups (broad SMARTS) is 1. The Bertz CT molecular complexity index is 844. The first-order valence-electron chi connectivity index (χ1n) is 9.28. The quantitative estimate of drug-likeness (QED) is 0.799. The van der Waals surface area contributed by atoms with Crippen molar-refractivity contribution in [2.24, 2.45) is 5.92 Å². The molecular weight excluding hydrogens is 361 g/mol. The average molecular weight is 385 g/mol. The summed E-state index contributed by atoms with van der Waals surface area (Å²) in [5.74, 6) is -2.14. The number of pyridine rings is 1. The van der Waals surface area contributed by atoms with Gasteiger partial charge in [-0.15, -0.1) is 0 Å². The zero-order valence-corrected chi connectivity index (χ0v) is 15.9. The van der Waals surface area contributed by atoms with E-state index in [0.29, 0.717) is 6.42 Å². The van der Waals surface area contributed by atoms with E-state index < -0.39 is 23.5 Å². The Kier molecular flexibility index (Phi) is 5.74. The van der Waals surface area contributed by atoms with Gasteiger partial charge in [-0.05, 0) is 49.7 Å². The molecule has 0 spiro atoms. The monoisotopic (exact) mass is 385 g/mol. The highest BCUT2D eigenvalue weighted by Gasteiger charge is 2.56. The van der Waals surface area contributed by atoms with Gasteiger partial charge < -0.3 is 10.4 Å². The molecule has 2 aromatic rings. The Morgan fingerprint density at radius 2 is 2.00 bits per heavy atom. The summed E-state index contributed by atoms with van der Waals surface area (Å²) in [6.07, 6.45) is 2.20. The topological polar surface area (TPSA) is 82.5 Å². The van der Waals surface area contributed by atoms with E-state index in [-0.39, 0.29) is 24.7 Å². The third-order valence-corrected chi connectivity index (χ3v) is 5.73. The summed E-state index contributed by atoms with van der Waals surface area (Å²) in [5.41, 5.74) is 0.297. The molecule has 0 unspecified atom stereocenters. The third-order valence-electron chi connectivity index (χ3n) is 5.73. The van der Waals surface area contributed by atoms with Gasteiger partial charge in [-0.25, -0.2) is 4.39 Å². The minimum Gasteiger partial charge on any atom is -0.480 e. The maximum Gasteiger partial charge on any atom is 0.324 e. The van der Waals surface area contributed by atoms with Crippen molar-refractivity contribution in [2.45, 2.75) is 37.9 Å². The molecule has 1 aromatic carbocycles. The highest BCUT2D eigenvalue weighted by molar-refractivity contribution is 5.85. The molecule has 0 aliphatic carbocycles. The summed E-state index contributed by atoms with van der Waals surface area (Å²) in [4.78, 5) is 31.0. The van der Waals surface area contributed by atoms with E-state index in [9.17, 15) is 19.1 Å². The zero-order valence-electron chi connectivity index (χ0n) is 15.9. The Morgan fingerprint density at radius 3 is 2.57 bits per heavy atom.